The molecule has 4 rings (SSSR count). The molecule has 0 saturated carbocycles. The second-order valence-corrected chi connectivity index (χ2v) is 9.10. The quantitative estimate of drug-likeness (QED) is 0.383. The third-order valence-corrected chi connectivity index (χ3v) is 7.16. The molecule has 7 nitrogen and oxygen atoms in total. The Labute approximate surface area is 192 Å². The Kier molecular flexibility index (Phi) is 6.16. The van der Waals surface area contributed by atoms with Gasteiger partial charge in [0.25, 0.3) is 10.0 Å². The van der Waals surface area contributed by atoms with Crippen molar-refractivity contribution in [2.75, 3.05) is 10.8 Å². The van der Waals surface area contributed by atoms with Crippen LogP contribution in [-0.2, 0) is 21.4 Å². The fourth-order valence-corrected chi connectivity index (χ4v) is 5.09. The number of para-hydroxylation sites is 1. The van der Waals surface area contributed by atoms with E-state index in [0.717, 1.165) is 5.52 Å². The number of ether oxygens (including phenoxy) is 1. The Bertz CT molecular complexity index is 1440. The number of aromatic nitrogens is 1. The largest absolute Gasteiger partial charge is 0.457 e. The van der Waals surface area contributed by atoms with Crippen molar-refractivity contribution in [2.45, 2.75) is 18.4 Å². The predicted octanol–water partition coefficient (Wildman–Crippen LogP) is 4.38. The molecule has 0 aliphatic rings. The van der Waals surface area contributed by atoms with Gasteiger partial charge in [0.15, 0.2) is 0 Å². The third kappa shape index (κ3) is 4.31. The van der Waals surface area contributed by atoms with E-state index in [0.29, 0.717) is 16.8 Å². The van der Waals surface area contributed by atoms with Crippen LogP contribution in [0.2, 0.25) is 0 Å². The number of anilines is 1. The van der Waals surface area contributed by atoms with Crippen LogP contribution in [0.3, 0.4) is 0 Å². The number of sulfonamides is 1. The molecule has 0 radical (unpaired) electrons. The van der Waals surface area contributed by atoms with Crippen molar-refractivity contribution in [3.8, 4) is 6.07 Å². The lowest BCUT2D eigenvalue weighted by atomic mass is 10.2. The Morgan fingerprint density at radius 1 is 1.03 bits per heavy atom. The van der Waals surface area contributed by atoms with E-state index in [1.807, 2.05) is 30.5 Å². The minimum atomic E-state index is -3.78. The first-order valence-corrected chi connectivity index (χ1v) is 11.7. The van der Waals surface area contributed by atoms with Gasteiger partial charge in [-0.05, 0) is 55.5 Å². The van der Waals surface area contributed by atoms with Gasteiger partial charge in [0.2, 0.25) is 0 Å². The molecule has 2 aromatic carbocycles. The molecular formula is C25H21N3O4S. The summed E-state index contributed by atoms with van der Waals surface area (Å²) in [6.45, 7) is 1.96. The molecule has 0 amide bonds. The van der Waals surface area contributed by atoms with Crippen molar-refractivity contribution < 1.29 is 17.9 Å². The molecule has 0 unspecified atom stereocenters. The SMILES string of the molecule is CCN(c1ccccc1)S(=O)(=O)c1ccc(C(=O)OCc2cn3ccccc3c2C#N)cc1. The van der Waals surface area contributed by atoms with Crippen molar-refractivity contribution in [1.82, 2.24) is 4.40 Å². The Balaban J connectivity index is 1.50. The molecule has 0 fully saturated rings. The number of rotatable bonds is 7. The molecule has 0 atom stereocenters. The molecule has 2 heterocycles. The molecule has 8 heteroatoms. The molecule has 33 heavy (non-hydrogen) atoms. The average molecular weight is 460 g/mol. The minimum absolute atomic E-state index is 0.0684. The normalized spacial score (nSPS) is 11.2. The monoisotopic (exact) mass is 459 g/mol. The fraction of sp³-hybridized carbons (Fsp3) is 0.120. The summed E-state index contributed by atoms with van der Waals surface area (Å²) in [4.78, 5) is 12.6. The Morgan fingerprint density at radius 2 is 1.73 bits per heavy atom. The standard InChI is InChI=1S/C25H21N3O4S/c1-2-28(21-8-4-3-5-9-21)33(30,31)22-13-11-19(12-14-22)25(29)32-18-20-17-27-15-7-6-10-24(27)23(20)16-26/h3-15,17H,2,18H2,1H3. The van der Waals surface area contributed by atoms with Crippen LogP contribution in [0.4, 0.5) is 5.69 Å². The summed E-state index contributed by atoms with van der Waals surface area (Å²) in [5.41, 5.74) is 2.57. The highest BCUT2D eigenvalue weighted by atomic mass is 32.2. The number of fused-ring (bicyclic) bond motifs is 1. The van der Waals surface area contributed by atoms with Crippen molar-refractivity contribution in [3.63, 3.8) is 0 Å². The van der Waals surface area contributed by atoms with E-state index in [2.05, 4.69) is 6.07 Å². The molecule has 166 valence electrons. The zero-order chi connectivity index (χ0) is 23.4. The fourth-order valence-electron chi connectivity index (χ4n) is 3.62. The van der Waals surface area contributed by atoms with Crippen molar-refractivity contribution in [3.05, 3.63) is 102 Å². The highest BCUT2D eigenvalue weighted by molar-refractivity contribution is 7.92. The van der Waals surface area contributed by atoms with Gasteiger partial charge in [-0.2, -0.15) is 5.26 Å². The van der Waals surface area contributed by atoms with Crippen molar-refractivity contribution in [2.24, 2.45) is 0 Å². The number of carbonyl (C=O) groups excluding carboxylic acids is 1. The highest BCUT2D eigenvalue weighted by Gasteiger charge is 2.24. The highest BCUT2D eigenvalue weighted by Crippen LogP contribution is 2.24. The zero-order valence-corrected chi connectivity index (χ0v) is 18.7. The van der Waals surface area contributed by atoms with Gasteiger partial charge in [0, 0.05) is 24.5 Å². The summed E-state index contributed by atoms with van der Waals surface area (Å²) in [7, 11) is -3.78. The summed E-state index contributed by atoms with van der Waals surface area (Å²) in [5.74, 6) is -0.603. The molecule has 0 saturated heterocycles. The van der Waals surface area contributed by atoms with Crippen molar-refractivity contribution >= 4 is 27.2 Å². The number of nitriles is 1. The molecule has 0 N–H and O–H groups in total. The van der Waals surface area contributed by atoms with Gasteiger partial charge in [-0.15, -0.1) is 0 Å². The van der Waals surface area contributed by atoms with Gasteiger partial charge < -0.3 is 9.14 Å². The topological polar surface area (TPSA) is 91.9 Å². The Morgan fingerprint density at radius 3 is 2.39 bits per heavy atom. The number of hydrogen-bond donors (Lipinski definition) is 0. The summed E-state index contributed by atoms with van der Waals surface area (Å²) >= 11 is 0. The molecule has 0 spiro atoms. The number of benzene rings is 2. The first-order valence-electron chi connectivity index (χ1n) is 10.3. The maximum absolute atomic E-state index is 13.1. The van der Waals surface area contributed by atoms with Crippen LogP contribution in [0.25, 0.3) is 5.52 Å². The van der Waals surface area contributed by atoms with Gasteiger partial charge in [-0.3, -0.25) is 4.31 Å². The first kappa shape index (κ1) is 22.1. The Hall–Kier alpha value is -4.09. The maximum Gasteiger partial charge on any atom is 0.338 e. The average Bonchev–Trinajstić information content (AvgIpc) is 3.21. The lowest BCUT2D eigenvalue weighted by Crippen LogP contribution is -2.30. The second kappa shape index (κ2) is 9.18. The number of carbonyl (C=O) groups is 1. The molecular weight excluding hydrogens is 438 g/mol. The van der Waals surface area contributed by atoms with E-state index >= 15 is 0 Å². The number of nitrogens with zero attached hydrogens (tertiary/aromatic N) is 3. The molecule has 2 aromatic heterocycles. The van der Waals surface area contributed by atoms with Gasteiger partial charge in [0.1, 0.15) is 12.7 Å². The van der Waals surface area contributed by atoms with Crippen molar-refractivity contribution in [1.29, 1.82) is 5.26 Å². The van der Waals surface area contributed by atoms with E-state index in [4.69, 9.17) is 4.74 Å². The van der Waals surface area contributed by atoms with Gasteiger partial charge in [-0.25, -0.2) is 13.2 Å². The van der Waals surface area contributed by atoms with Crippen LogP contribution < -0.4 is 4.31 Å². The van der Waals surface area contributed by atoms with Gasteiger partial charge in [0.05, 0.1) is 27.2 Å². The summed E-state index contributed by atoms with van der Waals surface area (Å²) < 4.78 is 34.7. The molecule has 4 aromatic rings. The van der Waals surface area contributed by atoms with Gasteiger partial charge in [-0.1, -0.05) is 24.3 Å². The van der Waals surface area contributed by atoms with E-state index in [9.17, 15) is 18.5 Å². The zero-order valence-electron chi connectivity index (χ0n) is 17.9. The predicted molar refractivity (Wildman–Crippen MR) is 124 cm³/mol. The van der Waals surface area contributed by atoms with Crippen LogP contribution >= 0.6 is 0 Å². The van der Waals surface area contributed by atoms with Crippen LogP contribution in [-0.4, -0.2) is 25.3 Å². The smallest absolute Gasteiger partial charge is 0.338 e. The molecule has 0 aliphatic carbocycles. The second-order valence-electron chi connectivity index (χ2n) is 7.24. The molecule has 0 aliphatic heterocycles. The number of pyridine rings is 1. The summed E-state index contributed by atoms with van der Waals surface area (Å²) in [6.07, 6.45) is 3.56. The molecule has 0 bridgehead atoms. The van der Waals surface area contributed by atoms with E-state index in [1.54, 1.807) is 41.8 Å². The maximum atomic E-state index is 13.1. The first-order chi connectivity index (χ1) is 16.0. The van der Waals surface area contributed by atoms with E-state index in [1.165, 1.54) is 28.6 Å². The lowest BCUT2D eigenvalue weighted by molar-refractivity contribution is 0.0472. The minimum Gasteiger partial charge on any atom is -0.457 e. The van der Waals surface area contributed by atoms with E-state index in [-0.39, 0.29) is 23.6 Å². The van der Waals surface area contributed by atoms with Crippen LogP contribution in [0.1, 0.15) is 28.4 Å². The van der Waals surface area contributed by atoms with Crippen LogP contribution in [0.5, 0.6) is 0 Å². The van der Waals surface area contributed by atoms with E-state index < -0.39 is 16.0 Å². The van der Waals surface area contributed by atoms with Crippen LogP contribution in [0.15, 0.2) is 90.1 Å². The van der Waals surface area contributed by atoms with Crippen LogP contribution in [0, 0.1) is 11.3 Å². The summed E-state index contributed by atoms with van der Waals surface area (Å²) in [5, 5.41) is 9.48. The lowest BCUT2D eigenvalue weighted by Gasteiger charge is -2.22. The summed E-state index contributed by atoms with van der Waals surface area (Å²) in [6, 6.07) is 22.1. The number of hydrogen-bond acceptors (Lipinski definition) is 5. The number of esters is 1. The third-order valence-electron chi connectivity index (χ3n) is 5.24. The van der Waals surface area contributed by atoms with Gasteiger partial charge >= 0.3 is 5.97 Å².